The summed E-state index contributed by atoms with van der Waals surface area (Å²) in [5.74, 6) is 0. The Balaban J connectivity index is 0. The molecule has 3 nitrogen and oxygen atoms in total. The molecule has 0 amide bonds. The molecule has 0 aliphatic heterocycles. The van der Waals surface area contributed by atoms with E-state index in [1.54, 1.807) is 0 Å². The van der Waals surface area contributed by atoms with Crippen molar-refractivity contribution in [2.24, 2.45) is 0 Å². The second-order valence-electron chi connectivity index (χ2n) is 0.0630. The molecule has 0 atom stereocenters. The molecule has 0 aromatic rings. The molecule has 0 aliphatic rings. The number of rotatable bonds is 0. The minimum absolute atomic E-state index is 0.300. The Labute approximate surface area is 50.0 Å². The molecule has 0 radical (unpaired) electrons. The molecule has 0 aromatic heterocycles. The predicted octanol–water partition coefficient (Wildman–Crippen LogP) is -0.361. The van der Waals surface area contributed by atoms with E-state index in [4.69, 9.17) is 10.5 Å². The summed E-state index contributed by atoms with van der Waals surface area (Å²) < 4.78 is 25.2. The Kier molecular flexibility index (Phi) is 39.6. The zero-order valence-corrected chi connectivity index (χ0v) is 5.74. The molecule has 5 heavy (non-hydrogen) atoms. The van der Waals surface area contributed by atoms with E-state index in [0.717, 1.165) is 0 Å². The predicted molar refractivity (Wildman–Crippen MR) is 2.06 cm³/mol. The van der Waals surface area contributed by atoms with Gasteiger partial charge in [-0.2, -0.15) is 0 Å². The molecular weight excluding hydrogens is 194 g/mol. The summed E-state index contributed by atoms with van der Waals surface area (Å²) in [4.78, 5) is 0. The third kappa shape index (κ3) is 58.6. The van der Waals surface area contributed by atoms with Crippen LogP contribution >= 0.6 is 0 Å². The normalized spacial score (nSPS) is 3.00. The molecule has 0 N–H and O–H groups in total. The van der Waals surface area contributed by atoms with Gasteiger partial charge in [0, 0.05) is 0 Å². The summed E-state index contributed by atoms with van der Waals surface area (Å²) in [6.45, 7) is 0. The van der Waals surface area contributed by atoms with E-state index >= 15 is 0 Å². The topological polar surface area (TPSA) is 51.2 Å². The van der Waals surface area contributed by atoms with Crippen LogP contribution in [0, 0.1) is 0 Å². The summed E-state index contributed by atoms with van der Waals surface area (Å²) in [5.41, 5.74) is 0. The van der Waals surface area contributed by atoms with E-state index in [0.29, 0.717) is 24.7 Å². The van der Waals surface area contributed by atoms with E-state index in [1.807, 2.05) is 0 Å². The van der Waals surface area contributed by atoms with E-state index in [1.165, 1.54) is 0 Å². The molecule has 0 aromatic carbocycles. The van der Waals surface area contributed by atoms with Crippen LogP contribution < -0.4 is 0 Å². The van der Waals surface area contributed by atoms with Gasteiger partial charge < -0.3 is 0 Å². The zero-order valence-electron chi connectivity index (χ0n) is 2.10. The average Bonchev–Trinajstić information content (AvgIpc) is 1.46. The first-order chi connectivity index (χ1) is 2.41. The summed E-state index contributed by atoms with van der Waals surface area (Å²) >= 11 is -1.14. The van der Waals surface area contributed by atoms with Crippen molar-refractivity contribution in [1.82, 2.24) is 0 Å². The van der Waals surface area contributed by atoms with Crippen molar-refractivity contribution in [3.05, 3.63) is 0 Å². The van der Waals surface area contributed by atoms with Gasteiger partial charge in [0.05, 0.1) is 0 Å². The Bertz CT molecular complexity index is 36.2. The Morgan fingerprint density at radius 1 is 1.20 bits per heavy atom. The summed E-state index contributed by atoms with van der Waals surface area (Å²) in [5, 5.41) is 0. The SMILES string of the molecule is [O]=[Mn]=[O].[O]=[Zr]. The Morgan fingerprint density at radius 3 is 1.20 bits per heavy atom. The van der Waals surface area contributed by atoms with Crippen molar-refractivity contribution in [2.45, 2.75) is 0 Å². The molecule has 0 heterocycles. The molecule has 0 spiro atoms. The fourth-order valence-electron chi connectivity index (χ4n) is 0. The second kappa shape index (κ2) is 21.4. The second-order valence-corrected chi connectivity index (χ2v) is 0.260. The van der Waals surface area contributed by atoms with Crippen LogP contribution in [0.4, 0.5) is 0 Å². The van der Waals surface area contributed by atoms with E-state index < -0.39 is 14.8 Å². The van der Waals surface area contributed by atoms with Crippen LogP contribution in [-0.2, 0) is 50.0 Å². The van der Waals surface area contributed by atoms with Crippen LogP contribution in [0.3, 0.4) is 0 Å². The zero-order chi connectivity index (χ0) is 4.71. The molecule has 0 aliphatic carbocycles. The van der Waals surface area contributed by atoms with E-state index in [2.05, 4.69) is 0 Å². The number of hydrogen-bond acceptors (Lipinski definition) is 3. The molecular formula is MnO3Zr. The Morgan fingerprint density at radius 2 is 1.20 bits per heavy atom. The minimum atomic E-state index is -1.44. The van der Waals surface area contributed by atoms with Crippen LogP contribution in [0.2, 0.25) is 0 Å². The summed E-state index contributed by atoms with van der Waals surface area (Å²) in [6, 6.07) is 0. The van der Waals surface area contributed by atoms with Gasteiger partial charge in [-0.3, -0.25) is 0 Å². The van der Waals surface area contributed by atoms with Crippen LogP contribution in [0.5, 0.6) is 0 Å². The first kappa shape index (κ1) is 9.26. The van der Waals surface area contributed by atoms with E-state index in [-0.39, 0.29) is 0 Å². The third-order valence-corrected chi connectivity index (χ3v) is 0. The van der Waals surface area contributed by atoms with Gasteiger partial charge in [0.15, 0.2) is 0 Å². The molecule has 0 saturated heterocycles. The van der Waals surface area contributed by atoms with Gasteiger partial charge in [-0.15, -0.1) is 0 Å². The third-order valence-electron chi connectivity index (χ3n) is 0. The van der Waals surface area contributed by atoms with Crippen molar-refractivity contribution in [3.8, 4) is 0 Å². The van der Waals surface area contributed by atoms with Gasteiger partial charge in [0.1, 0.15) is 0 Å². The van der Waals surface area contributed by atoms with Crippen LogP contribution in [0.15, 0.2) is 0 Å². The Hall–Kier alpha value is 0.803. The van der Waals surface area contributed by atoms with E-state index in [9.17, 15) is 0 Å². The van der Waals surface area contributed by atoms with Gasteiger partial charge >= 0.3 is 50.0 Å². The summed E-state index contributed by atoms with van der Waals surface area (Å²) in [6.07, 6.45) is 0. The fraction of sp³-hybridized carbons (Fsp3) is 0. The molecule has 5 heteroatoms. The van der Waals surface area contributed by atoms with Gasteiger partial charge in [-0.25, -0.2) is 0 Å². The van der Waals surface area contributed by atoms with Crippen LogP contribution in [0.25, 0.3) is 0 Å². The van der Waals surface area contributed by atoms with Gasteiger partial charge in [0.25, 0.3) is 0 Å². The first-order valence-corrected chi connectivity index (χ1v) is 2.48. The maximum atomic E-state index is 8.41. The fourth-order valence-corrected chi connectivity index (χ4v) is 0. The molecule has 0 bridgehead atoms. The molecule has 0 rings (SSSR count). The van der Waals surface area contributed by atoms with Crippen LogP contribution in [0.1, 0.15) is 0 Å². The van der Waals surface area contributed by atoms with Crippen molar-refractivity contribution in [1.29, 1.82) is 0 Å². The monoisotopic (exact) mass is 193 g/mol. The van der Waals surface area contributed by atoms with Gasteiger partial charge in [-0.1, -0.05) is 0 Å². The van der Waals surface area contributed by atoms with Gasteiger partial charge in [-0.05, 0) is 0 Å². The molecule has 0 fully saturated rings. The quantitative estimate of drug-likeness (QED) is 0.495. The first-order valence-electron chi connectivity index (χ1n) is 0.513. The van der Waals surface area contributed by atoms with Crippen molar-refractivity contribution >= 4 is 0 Å². The standard InChI is InChI=1S/Mn.3O.Zr. The maximum absolute atomic E-state index is 8.41. The van der Waals surface area contributed by atoms with Crippen molar-refractivity contribution in [3.63, 3.8) is 0 Å². The number of hydrogen-bond donors (Lipinski definition) is 0. The van der Waals surface area contributed by atoms with Gasteiger partial charge in [0.2, 0.25) is 0 Å². The molecule has 29 valence electrons. The van der Waals surface area contributed by atoms with Crippen molar-refractivity contribution in [2.75, 3.05) is 0 Å². The van der Waals surface area contributed by atoms with Crippen molar-refractivity contribution < 1.29 is 50.0 Å². The average molecular weight is 194 g/mol. The summed E-state index contributed by atoms with van der Waals surface area (Å²) in [7, 11) is 0. The van der Waals surface area contributed by atoms with Crippen LogP contribution in [-0.4, -0.2) is 0 Å². The molecule has 0 unspecified atom stereocenters. The molecule has 0 saturated carbocycles.